The van der Waals surface area contributed by atoms with E-state index in [-0.39, 0.29) is 33.0 Å². The lowest BCUT2D eigenvalue weighted by atomic mass is 9.94. The molecular weight excluding hydrogens is 474 g/mol. The number of carbonyl (C=O) groups excluding carboxylic acids is 2. The molecule has 10 nitrogen and oxygen atoms in total. The summed E-state index contributed by atoms with van der Waals surface area (Å²) in [6, 6.07) is 15.6. The number of primary sulfonamides is 1. The molecule has 1 aliphatic rings. The Hall–Kier alpha value is -4.35. The molecular formula is C24H19N3O7S. The molecule has 0 radical (unpaired) electrons. The highest BCUT2D eigenvalue weighted by Crippen LogP contribution is 2.44. The van der Waals surface area contributed by atoms with E-state index in [2.05, 4.69) is 0 Å². The normalized spacial score (nSPS) is 17.5. The molecule has 35 heavy (non-hydrogen) atoms. The number of hydrogen-bond donors (Lipinski definition) is 2. The van der Waals surface area contributed by atoms with E-state index in [1.54, 1.807) is 24.3 Å². The minimum absolute atomic E-state index is 0.000819. The van der Waals surface area contributed by atoms with Gasteiger partial charge in [-0.25, -0.2) is 13.6 Å². The number of nitrogens with two attached hydrogens (primary N) is 1. The van der Waals surface area contributed by atoms with Gasteiger partial charge in [-0.05, 0) is 37.3 Å². The van der Waals surface area contributed by atoms with E-state index in [0.29, 0.717) is 0 Å². The molecule has 3 aromatic carbocycles. The van der Waals surface area contributed by atoms with Crippen molar-refractivity contribution in [1.29, 1.82) is 0 Å². The van der Waals surface area contributed by atoms with Crippen LogP contribution in [0.4, 0.5) is 11.4 Å². The summed E-state index contributed by atoms with van der Waals surface area (Å²) in [7, 11) is -4.02. The molecule has 1 fully saturated rings. The highest BCUT2D eigenvalue weighted by Gasteiger charge is 2.48. The summed E-state index contributed by atoms with van der Waals surface area (Å²) < 4.78 is 23.3. The second kappa shape index (κ2) is 8.78. The molecule has 0 spiro atoms. The van der Waals surface area contributed by atoms with Gasteiger partial charge in [0.05, 0.1) is 21.0 Å². The maximum atomic E-state index is 13.2. The Labute approximate surface area is 200 Å². The van der Waals surface area contributed by atoms with Crippen molar-refractivity contribution < 1.29 is 28.0 Å². The Bertz CT molecular complexity index is 1490. The number of hydrogen-bond acceptors (Lipinski definition) is 7. The molecule has 0 saturated carbocycles. The summed E-state index contributed by atoms with van der Waals surface area (Å²) in [5.41, 5.74) is 0.546. The number of para-hydroxylation sites is 1. The van der Waals surface area contributed by atoms with Gasteiger partial charge in [-0.2, -0.15) is 0 Å². The van der Waals surface area contributed by atoms with Crippen LogP contribution in [-0.4, -0.2) is 30.1 Å². The quantitative estimate of drug-likeness (QED) is 0.181. The first-order valence-electron chi connectivity index (χ1n) is 10.2. The van der Waals surface area contributed by atoms with Crippen LogP contribution in [-0.2, 0) is 19.6 Å². The van der Waals surface area contributed by atoms with Crippen LogP contribution in [0.3, 0.4) is 0 Å². The van der Waals surface area contributed by atoms with Crippen molar-refractivity contribution in [2.75, 3.05) is 4.90 Å². The second-order valence-electron chi connectivity index (χ2n) is 7.89. The predicted octanol–water partition coefficient (Wildman–Crippen LogP) is 3.18. The summed E-state index contributed by atoms with van der Waals surface area (Å²) in [5, 5.41) is 28.0. The zero-order valence-electron chi connectivity index (χ0n) is 18.3. The first-order chi connectivity index (χ1) is 16.5. The standard InChI is InChI=1S/C24H19N3O7S/c1-14-6-8-15(9-7-14)22(28)20-21(18-4-2-3-5-19(18)27(31)32)26(24(30)23(20)29)16-10-12-17(13-11-16)35(25,33)34/h2-13,21,28H,1H3,(H2,25,33,34)/b22-20-. The van der Waals surface area contributed by atoms with Gasteiger partial charge < -0.3 is 5.11 Å². The third kappa shape index (κ3) is 4.29. The second-order valence-corrected chi connectivity index (χ2v) is 9.45. The first kappa shape index (κ1) is 23.8. The fraction of sp³-hybridized carbons (Fsp3) is 0.0833. The summed E-state index contributed by atoms with van der Waals surface area (Å²) in [4.78, 5) is 38.2. The molecule has 0 bridgehead atoms. The number of amides is 1. The van der Waals surface area contributed by atoms with Gasteiger partial charge >= 0.3 is 0 Å². The molecule has 1 aliphatic heterocycles. The molecule has 1 saturated heterocycles. The van der Waals surface area contributed by atoms with Crippen molar-refractivity contribution in [2.45, 2.75) is 17.9 Å². The lowest BCUT2D eigenvalue weighted by Gasteiger charge is -2.25. The number of nitro groups is 1. The molecule has 3 aromatic rings. The molecule has 1 unspecified atom stereocenters. The van der Waals surface area contributed by atoms with Crippen LogP contribution < -0.4 is 10.0 Å². The van der Waals surface area contributed by atoms with Crippen LogP contribution in [0.25, 0.3) is 5.76 Å². The van der Waals surface area contributed by atoms with E-state index in [1.807, 2.05) is 6.92 Å². The van der Waals surface area contributed by atoms with Crippen LogP contribution in [0.5, 0.6) is 0 Å². The Morgan fingerprint density at radius 2 is 1.60 bits per heavy atom. The number of ketones is 1. The van der Waals surface area contributed by atoms with Gasteiger partial charge in [0, 0.05) is 17.3 Å². The van der Waals surface area contributed by atoms with E-state index < -0.39 is 38.4 Å². The number of benzene rings is 3. The average molecular weight is 493 g/mol. The van der Waals surface area contributed by atoms with Crippen LogP contribution in [0.15, 0.2) is 83.3 Å². The van der Waals surface area contributed by atoms with Crippen molar-refractivity contribution in [3.63, 3.8) is 0 Å². The maximum Gasteiger partial charge on any atom is 0.300 e. The smallest absolute Gasteiger partial charge is 0.300 e. The molecule has 1 heterocycles. The van der Waals surface area contributed by atoms with E-state index in [0.717, 1.165) is 22.6 Å². The van der Waals surface area contributed by atoms with Gasteiger partial charge in [-0.3, -0.25) is 24.6 Å². The van der Waals surface area contributed by atoms with Gasteiger partial charge in [0.1, 0.15) is 11.8 Å². The predicted molar refractivity (Wildman–Crippen MR) is 127 cm³/mol. The van der Waals surface area contributed by atoms with Gasteiger partial charge in [-0.15, -0.1) is 0 Å². The number of carbonyl (C=O) groups is 2. The van der Waals surface area contributed by atoms with Gasteiger partial charge in [0.15, 0.2) is 0 Å². The number of aryl methyl sites for hydroxylation is 1. The summed E-state index contributed by atoms with van der Waals surface area (Å²) in [6.45, 7) is 1.83. The largest absolute Gasteiger partial charge is 0.507 e. The SMILES string of the molecule is Cc1ccc(/C(O)=C2/C(=O)C(=O)N(c3ccc(S(N)(=O)=O)cc3)C2c2ccccc2[N+](=O)[O-])cc1. The number of aliphatic hydroxyl groups excluding tert-OH is 1. The monoisotopic (exact) mass is 493 g/mol. The number of Topliss-reactive ketones (excluding diaryl/α,β-unsaturated/α-hetero) is 1. The Kier molecular flexibility index (Phi) is 5.97. The Morgan fingerprint density at radius 3 is 2.17 bits per heavy atom. The van der Waals surface area contributed by atoms with E-state index in [4.69, 9.17) is 5.14 Å². The summed E-state index contributed by atoms with van der Waals surface area (Å²) >= 11 is 0. The molecule has 11 heteroatoms. The van der Waals surface area contributed by atoms with Crippen LogP contribution in [0.2, 0.25) is 0 Å². The average Bonchev–Trinajstić information content (AvgIpc) is 3.09. The van der Waals surface area contributed by atoms with E-state index in [9.17, 15) is 33.2 Å². The maximum absolute atomic E-state index is 13.2. The number of nitrogens with zero attached hydrogens (tertiary/aromatic N) is 2. The number of aliphatic hydroxyl groups is 1. The first-order valence-corrected chi connectivity index (χ1v) is 11.8. The highest BCUT2D eigenvalue weighted by atomic mass is 32.2. The van der Waals surface area contributed by atoms with Crippen LogP contribution in [0, 0.1) is 17.0 Å². The number of nitro benzene ring substituents is 1. The third-order valence-corrected chi connectivity index (χ3v) is 6.57. The van der Waals surface area contributed by atoms with Crippen molar-refractivity contribution in [3.8, 4) is 0 Å². The number of sulfonamides is 1. The van der Waals surface area contributed by atoms with E-state index in [1.165, 1.54) is 36.4 Å². The van der Waals surface area contributed by atoms with Gasteiger partial charge in [-0.1, -0.05) is 42.0 Å². The lowest BCUT2D eigenvalue weighted by Crippen LogP contribution is -2.29. The Balaban J connectivity index is 1.98. The van der Waals surface area contributed by atoms with Crippen LogP contribution in [0.1, 0.15) is 22.7 Å². The van der Waals surface area contributed by atoms with Crippen molar-refractivity contribution >= 4 is 38.8 Å². The summed E-state index contributed by atoms with van der Waals surface area (Å²) in [6.07, 6.45) is 0. The minimum atomic E-state index is -4.02. The van der Waals surface area contributed by atoms with E-state index >= 15 is 0 Å². The number of anilines is 1. The molecule has 3 N–H and O–H groups in total. The van der Waals surface area contributed by atoms with Crippen molar-refractivity contribution in [3.05, 3.63) is 105 Å². The molecule has 4 rings (SSSR count). The van der Waals surface area contributed by atoms with Crippen LogP contribution >= 0.6 is 0 Å². The third-order valence-electron chi connectivity index (χ3n) is 5.64. The summed E-state index contributed by atoms with van der Waals surface area (Å²) in [5.74, 6) is -2.57. The molecule has 1 amide bonds. The minimum Gasteiger partial charge on any atom is -0.507 e. The lowest BCUT2D eigenvalue weighted by molar-refractivity contribution is -0.385. The Morgan fingerprint density at radius 1 is 1.00 bits per heavy atom. The fourth-order valence-electron chi connectivity index (χ4n) is 3.94. The number of rotatable bonds is 5. The topological polar surface area (TPSA) is 161 Å². The zero-order chi connectivity index (χ0) is 25.5. The zero-order valence-corrected chi connectivity index (χ0v) is 19.1. The highest BCUT2D eigenvalue weighted by molar-refractivity contribution is 7.89. The molecule has 178 valence electrons. The van der Waals surface area contributed by atoms with Crippen molar-refractivity contribution in [1.82, 2.24) is 0 Å². The van der Waals surface area contributed by atoms with Crippen molar-refractivity contribution in [2.24, 2.45) is 5.14 Å². The molecule has 1 atom stereocenters. The molecule has 0 aliphatic carbocycles. The fourth-order valence-corrected chi connectivity index (χ4v) is 4.46. The molecule has 0 aromatic heterocycles. The van der Waals surface area contributed by atoms with Gasteiger partial charge in [0.25, 0.3) is 17.4 Å². The van der Waals surface area contributed by atoms with Gasteiger partial charge in [0.2, 0.25) is 10.0 Å².